The minimum atomic E-state index is -0.271. The van der Waals surface area contributed by atoms with Gasteiger partial charge in [0.1, 0.15) is 23.6 Å². The van der Waals surface area contributed by atoms with Gasteiger partial charge in [-0.3, -0.25) is 18.7 Å². The van der Waals surface area contributed by atoms with Crippen molar-refractivity contribution in [2.75, 3.05) is 6.61 Å². The molecule has 0 radical (unpaired) electrons. The minimum absolute atomic E-state index is 0.217. The molecular formula is C22H17ClN6O3. The Labute approximate surface area is 186 Å². The van der Waals surface area contributed by atoms with E-state index in [9.17, 15) is 4.79 Å². The van der Waals surface area contributed by atoms with E-state index in [0.717, 1.165) is 24.1 Å². The summed E-state index contributed by atoms with van der Waals surface area (Å²) in [6.07, 6.45) is 4.83. The third kappa shape index (κ3) is 3.01. The molecule has 1 aliphatic heterocycles. The molecule has 6 rings (SSSR count). The third-order valence-corrected chi connectivity index (χ3v) is 5.92. The number of hydrogen-bond acceptors (Lipinski definition) is 7. The maximum absolute atomic E-state index is 13.7. The number of aromatic nitrogens is 6. The second-order valence-corrected chi connectivity index (χ2v) is 8.00. The molecule has 5 aromatic rings. The Bertz CT molecular complexity index is 1500. The molecular weight excluding hydrogens is 432 g/mol. The highest BCUT2D eigenvalue weighted by molar-refractivity contribution is 6.35. The summed E-state index contributed by atoms with van der Waals surface area (Å²) in [4.78, 5) is 27.0. The van der Waals surface area contributed by atoms with Crippen LogP contribution in [-0.4, -0.2) is 35.7 Å². The first kappa shape index (κ1) is 19.1. The summed E-state index contributed by atoms with van der Waals surface area (Å²) < 4.78 is 14.4. The Morgan fingerprint density at radius 3 is 2.88 bits per heavy atom. The van der Waals surface area contributed by atoms with Gasteiger partial charge in [-0.1, -0.05) is 28.9 Å². The lowest BCUT2D eigenvalue weighted by atomic mass is 10.2. The van der Waals surface area contributed by atoms with Gasteiger partial charge in [-0.25, -0.2) is 4.98 Å². The van der Waals surface area contributed by atoms with E-state index >= 15 is 0 Å². The molecule has 1 aliphatic rings. The lowest BCUT2D eigenvalue weighted by Gasteiger charge is -2.13. The van der Waals surface area contributed by atoms with Crippen molar-refractivity contribution in [3.8, 4) is 11.5 Å². The van der Waals surface area contributed by atoms with E-state index in [1.807, 2.05) is 30.3 Å². The average Bonchev–Trinajstić information content (AvgIpc) is 3.57. The number of hydrogen-bond donors (Lipinski definition) is 0. The van der Waals surface area contributed by atoms with Crippen LogP contribution in [0.25, 0.3) is 28.1 Å². The topological polar surface area (TPSA) is 100 Å². The molecule has 1 aromatic carbocycles. The minimum Gasteiger partial charge on any atom is -0.368 e. The van der Waals surface area contributed by atoms with Crippen LogP contribution in [0.3, 0.4) is 0 Å². The Balaban J connectivity index is 1.58. The number of rotatable bonds is 4. The van der Waals surface area contributed by atoms with Crippen molar-refractivity contribution in [1.29, 1.82) is 0 Å². The number of benzene rings is 1. The van der Waals surface area contributed by atoms with E-state index in [2.05, 4.69) is 20.1 Å². The molecule has 0 spiro atoms. The van der Waals surface area contributed by atoms with Crippen LogP contribution in [-0.2, 0) is 11.3 Å². The lowest BCUT2D eigenvalue weighted by molar-refractivity contribution is 0.0835. The molecule has 160 valence electrons. The molecule has 1 saturated heterocycles. The first-order valence-corrected chi connectivity index (χ1v) is 10.6. The highest BCUT2D eigenvalue weighted by Gasteiger charge is 2.26. The number of para-hydroxylation sites is 1. The van der Waals surface area contributed by atoms with Crippen molar-refractivity contribution in [2.24, 2.45) is 0 Å². The first-order chi connectivity index (χ1) is 15.7. The quantitative estimate of drug-likeness (QED) is 0.413. The van der Waals surface area contributed by atoms with E-state index in [4.69, 9.17) is 20.9 Å². The van der Waals surface area contributed by atoms with Gasteiger partial charge in [-0.2, -0.15) is 4.98 Å². The van der Waals surface area contributed by atoms with Gasteiger partial charge in [-0.05, 0) is 37.1 Å². The van der Waals surface area contributed by atoms with Crippen molar-refractivity contribution >= 4 is 28.2 Å². The molecule has 0 aliphatic carbocycles. The van der Waals surface area contributed by atoms with Gasteiger partial charge in [-0.15, -0.1) is 0 Å². The Kier molecular flexibility index (Phi) is 4.51. The van der Waals surface area contributed by atoms with E-state index in [0.29, 0.717) is 34.2 Å². The highest BCUT2D eigenvalue weighted by atomic mass is 35.5. The van der Waals surface area contributed by atoms with Crippen LogP contribution in [0, 0.1) is 0 Å². The number of nitrogens with zero attached hydrogens (tertiary/aromatic N) is 6. The zero-order valence-corrected chi connectivity index (χ0v) is 17.6. The number of fused-ring (bicyclic) bond motifs is 3. The molecule has 0 amide bonds. The fraction of sp³-hybridized carbons (Fsp3) is 0.227. The van der Waals surface area contributed by atoms with Gasteiger partial charge in [0.05, 0.1) is 28.3 Å². The van der Waals surface area contributed by atoms with Crippen LogP contribution in [0.4, 0.5) is 0 Å². The summed E-state index contributed by atoms with van der Waals surface area (Å²) in [5.41, 5.74) is 2.50. The van der Waals surface area contributed by atoms with Gasteiger partial charge in [0.2, 0.25) is 5.82 Å². The Morgan fingerprint density at radius 2 is 2.06 bits per heavy atom. The summed E-state index contributed by atoms with van der Waals surface area (Å²) in [7, 11) is 0. The largest absolute Gasteiger partial charge is 0.368 e. The molecule has 32 heavy (non-hydrogen) atoms. The molecule has 1 fully saturated rings. The lowest BCUT2D eigenvalue weighted by Crippen LogP contribution is -2.24. The maximum atomic E-state index is 13.7. The molecule has 10 heteroatoms. The fourth-order valence-corrected chi connectivity index (χ4v) is 4.40. The number of halogens is 1. The van der Waals surface area contributed by atoms with Crippen LogP contribution < -0.4 is 5.56 Å². The molecule has 4 aromatic heterocycles. The predicted molar refractivity (Wildman–Crippen MR) is 117 cm³/mol. The molecule has 0 bridgehead atoms. The highest BCUT2D eigenvalue weighted by Crippen LogP contribution is 2.30. The van der Waals surface area contributed by atoms with E-state index < -0.39 is 0 Å². The van der Waals surface area contributed by atoms with Gasteiger partial charge in [0.25, 0.3) is 11.4 Å². The zero-order chi connectivity index (χ0) is 21.7. The van der Waals surface area contributed by atoms with Crippen molar-refractivity contribution in [2.45, 2.75) is 25.5 Å². The Morgan fingerprint density at radius 1 is 1.12 bits per heavy atom. The third-order valence-electron chi connectivity index (χ3n) is 5.62. The summed E-state index contributed by atoms with van der Waals surface area (Å²) in [6.45, 7) is 0.926. The first-order valence-electron chi connectivity index (χ1n) is 10.2. The molecule has 1 unspecified atom stereocenters. The maximum Gasteiger partial charge on any atom is 0.278 e. The summed E-state index contributed by atoms with van der Waals surface area (Å²) in [6, 6.07) is 11.1. The average molecular weight is 449 g/mol. The molecule has 0 saturated carbocycles. The predicted octanol–water partition coefficient (Wildman–Crippen LogP) is 3.65. The molecule has 5 heterocycles. The number of pyridine rings is 1. The van der Waals surface area contributed by atoms with Gasteiger partial charge < -0.3 is 9.26 Å². The van der Waals surface area contributed by atoms with Crippen LogP contribution in [0.5, 0.6) is 0 Å². The zero-order valence-electron chi connectivity index (χ0n) is 16.8. The SMILES string of the molecule is O=c1c2c(-c3noc(C4CCCO4)n3)ncn2c2cccc(Cl)c2n1Cc1ccccn1. The second-order valence-electron chi connectivity index (χ2n) is 7.59. The molecule has 0 N–H and O–H groups in total. The van der Waals surface area contributed by atoms with E-state index in [-0.39, 0.29) is 24.0 Å². The van der Waals surface area contributed by atoms with Gasteiger partial charge >= 0.3 is 0 Å². The van der Waals surface area contributed by atoms with Crippen LogP contribution in [0.15, 0.2) is 58.2 Å². The van der Waals surface area contributed by atoms with Crippen LogP contribution in [0.1, 0.15) is 30.5 Å². The standard InChI is InChI=1S/C22H17ClN6O3/c23-14-6-3-7-15-18(14)28(11-13-5-1-2-9-24-13)22(30)19-17(25-12-29(15)19)20-26-21(32-27-20)16-8-4-10-31-16/h1-3,5-7,9,12,16H,4,8,10-11H2. The summed E-state index contributed by atoms with van der Waals surface area (Å²) >= 11 is 6.53. The van der Waals surface area contributed by atoms with Gasteiger partial charge in [0.15, 0.2) is 0 Å². The van der Waals surface area contributed by atoms with Crippen molar-refractivity contribution in [3.63, 3.8) is 0 Å². The van der Waals surface area contributed by atoms with E-state index in [1.54, 1.807) is 27.6 Å². The number of ether oxygens (including phenoxy) is 1. The normalized spacial score (nSPS) is 16.3. The van der Waals surface area contributed by atoms with Crippen LogP contribution >= 0.6 is 11.6 Å². The fourth-order valence-electron chi connectivity index (χ4n) is 4.13. The number of imidazole rings is 1. The van der Waals surface area contributed by atoms with E-state index in [1.165, 1.54) is 0 Å². The van der Waals surface area contributed by atoms with Crippen molar-refractivity contribution < 1.29 is 9.26 Å². The van der Waals surface area contributed by atoms with Crippen LogP contribution in [0.2, 0.25) is 5.02 Å². The second kappa shape index (κ2) is 7.54. The summed E-state index contributed by atoms with van der Waals surface area (Å²) in [5, 5.41) is 4.54. The van der Waals surface area contributed by atoms with Crippen molar-refractivity contribution in [1.82, 2.24) is 29.1 Å². The molecule has 1 atom stereocenters. The van der Waals surface area contributed by atoms with Crippen molar-refractivity contribution in [3.05, 3.63) is 75.9 Å². The molecule has 9 nitrogen and oxygen atoms in total. The Hall–Kier alpha value is -3.56. The summed E-state index contributed by atoms with van der Waals surface area (Å²) in [5.74, 6) is 0.650. The van der Waals surface area contributed by atoms with Gasteiger partial charge in [0, 0.05) is 12.8 Å². The smallest absolute Gasteiger partial charge is 0.278 e. The monoisotopic (exact) mass is 448 g/mol.